The number of hydrogen-bond acceptors (Lipinski definition) is 4. The fourth-order valence-corrected chi connectivity index (χ4v) is 4.57. The molecule has 5 nitrogen and oxygen atoms in total. The molecule has 0 bridgehead atoms. The Hall–Kier alpha value is -3.14. The number of rotatable bonds is 3. The van der Waals surface area contributed by atoms with E-state index in [1.165, 1.54) is 36.3 Å². The largest absolute Gasteiger partial charge is 0.481 e. The maximum Gasteiger partial charge on any atom is 0.416 e. The van der Waals surface area contributed by atoms with E-state index in [2.05, 4.69) is 20.9 Å². The van der Waals surface area contributed by atoms with Crippen LogP contribution in [-0.4, -0.2) is 24.7 Å². The summed E-state index contributed by atoms with van der Waals surface area (Å²) in [6, 6.07) is 8.65. The van der Waals surface area contributed by atoms with Crippen LogP contribution in [0.5, 0.6) is 5.88 Å². The summed E-state index contributed by atoms with van der Waals surface area (Å²) in [5.74, 6) is -0.608. The lowest BCUT2D eigenvalue weighted by Gasteiger charge is -2.39. The number of fused-ring (bicyclic) bond motifs is 1. The van der Waals surface area contributed by atoms with E-state index in [1.807, 2.05) is 0 Å². The highest BCUT2D eigenvalue weighted by Gasteiger charge is 2.37. The third-order valence-corrected chi connectivity index (χ3v) is 5.97. The minimum Gasteiger partial charge on any atom is -0.481 e. The fraction of sp³-hybridized carbons (Fsp3) is 0.217. The maximum absolute atomic E-state index is 13.8. The van der Waals surface area contributed by atoms with Crippen LogP contribution < -0.4 is 14.5 Å². The molecule has 4 rings (SSSR count). The van der Waals surface area contributed by atoms with Crippen LogP contribution in [0.25, 0.3) is 0 Å². The number of aryl methyl sites for hydroxylation is 2. The number of pyridine rings is 1. The van der Waals surface area contributed by atoms with Crippen LogP contribution in [0.2, 0.25) is 0 Å². The Kier molecular flexibility index (Phi) is 5.81. The van der Waals surface area contributed by atoms with Crippen molar-refractivity contribution in [2.45, 2.75) is 20.0 Å². The predicted octanol–water partition coefficient (Wildman–Crippen LogP) is 6.38. The monoisotopic (exact) mass is 523 g/mol. The van der Waals surface area contributed by atoms with E-state index in [0.29, 0.717) is 33.0 Å². The number of alkyl halides is 3. The molecule has 3 aromatic rings. The second-order valence-corrected chi connectivity index (χ2v) is 8.34. The third kappa shape index (κ3) is 4.15. The Morgan fingerprint density at radius 3 is 2.33 bits per heavy atom. The minimum absolute atomic E-state index is 0.0834. The molecule has 0 spiro atoms. The molecule has 0 saturated carbocycles. The zero-order valence-corrected chi connectivity index (χ0v) is 19.4. The van der Waals surface area contributed by atoms with Crippen LogP contribution in [0.15, 0.2) is 47.1 Å². The molecule has 0 radical (unpaired) electrons. The van der Waals surface area contributed by atoms with E-state index >= 15 is 0 Å². The summed E-state index contributed by atoms with van der Waals surface area (Å²) in [5.41, 5.74) is 1.41. The molecule has 0 atom stereocenters. The first-order chi connectivity index (χ1) is 15.5. The summed E-state index contributed by atoms with van der Waals surface area (Å²) < 4.78 is 59.6. The minimum atomic E-state index is -4.59. The van der Waals surface area contributed by atoms with Gasteiger partial charge in [0, 0.05) is 11.8 Å². The van der Waals surface area contributed by atoms with Gasteiger partial charge < -0.3 is 9.64 Å². The Morgan fingerprint density at radius 2 is 1.73 bits per heavy atom. The van der Waals surface area contributed by atoms with Crippen LogP contribution in [0.4, 0.5) is 34.6 Å². The van der Waals surface area contributed by atoms with E-state index in [0.717, 1.165) is 12.1 Å². The number of hydrogen-bond donors (Lipinski definition) is 0. The Bertz CT molecular complexity index is 1240. The van der Waals surface area contributed by atoms with Crippen LogP contribution in [0, 0.1) is 19.7 Å². The molecule has 0 saturated heterocycles. The number of amides is 1. The third-order valence-electron chi connectivity index (χ3n) is 5.42. The number of carbonyl (C=O) groups excluding carboxylic acids is 1. The number of anilines is 3. The van der Waals surface area contributed by atoms with Crippen molar-refractivity contribution in [2.24, 2.45) is 0 Å². The van der Waals surface area contributed by atoms with E-state index in [9.17, 15) is 22.4 Å². The highest BCUT2D eigenvalue weighted by Crippen LogP contribution is 2.42. The van der Waals surface area contributed by atoms with Crippen LogP contribution in [0.3, 0.4) is 0 Å². The van der Waals surface area contributed by atoms with Crippen molar-refractivity contribution in [3.8, 4) is 5.88 Å². The molecule has 0 N–H and O–H groups in total. The summed E-state index contributed by atoms with van der Waals surface area (Å²) in [6.45, 7) is 3.32. The molecular weight excluding hydrogens is 506 g/mol. The summed E-state index contributed by atoms with van der Waals surface area (Å²) in [7, 11) is 1.47. The smallest absolute Gasteiger partial charge is 0.416 e. The molecule has 2 aromatic carbocycles. The molecule has 2 heterocycles. The molecule has 1 amide bonds. The molecule has 0 unspecified atom stereocenters. The maximum atomic E-state index is 13.8. The second kappa shape index (κ2) is 8.33. The molecule has 33 heavy (non-hydrogen) atoms. The molecule has 0 aliphatic carbocycles. The first-order valence-corrected chi connectivity index (χ1v) is 10.6. The van der Waals surface area contributed by atoms with Gasteiger partial charge in [0.05, 0.1) is 29.6 Å². The first kappa shape index (κ1) is 23.0. The Balaban J connectivity index is 1.93. The average molecular weight is 524 g/mol. The molecular formula is C23H18BrF4N3O2. The van der Waals surface area contributed by atoms with Crippen LogP contribution >= 0.6 is 15.9 Å². The SMILES string of the molecule is COc1cc(C)c(N2CN(c3ccc(F)cc3C)c3cc(C(F)(F)F)ccc3C2=O)c(Br)n1. The van der Waals surface area contributed by atoms with E-state index < -0.39 is 23.5 Å². The van der Waals surface area contributed by atoms with Gasteiger partial charge in [-0.15, -0.1) is 0 Å². The molecule has 172 valence electrons. The van der Waals surface area contributed by atoms with Crippen LogP contribution in [-0.2, 0) is 6.18 Å². The highest BCUT2D eigenvalue weighted by atomic mass is 79.9. The van der Waals surface area contributed by atoms with Crippen LogP contribution in [0.1, 0.15) is 27.0 Å². The number of carbonyl (C=O) groups is 1. The van der Waals surface area contributed by atoms with E-state index in [-0.39, 0.29) is 17.9 Å². The zero-order valence-electron chi connectivity index (χ0n) is 17.8. The summed E-state index contributed by atoms with van der Waals surface area (Å²) in [4.78, 5) is 20.7. The average Bonchev–Trinajstić information content (AvgIpc) is 2.74. The number of aromatic nitrogens is 1. The second-order valence-electron chi connectivity index (χ2n) is 7.58. The van der Waals surface area contributed by atoms with Crippen molar-refractivity contribution in [3.63, 3.8) is 0 Å². The lowest BCUT2D eigenvalue weighted by atomic mass is 10.0. The van der Waals surface area contributed by atoms with Crippen molar-refractivity contribution in [3.05, 3.63) is 75.1 Å². The number of methoxy groups -OCH3 is 1. The summed E-state index contributed by atoms with van der Waals surface area (Å²) in [6.07, 6.45) is -4.59. The van der Waals surface area contributed by atoms with Crippen molar-refractivity contribution in [1.82, 2.24) is 4.98 Å². The number of ether oxygens (including phenoxy) is 1. The molecule has 1 aliphatic heterocycles. The molecule has 1 aromatic heterocycles. The normalized spacial score (nSPS) is 13.9. The van der Waals surface area contributed by atoms with Gasteiger partial charge in [0.1, 0.15) is 17.1 Å². The number of nitrogens with zero attached hydrogens (tertiary/aromatic N) is 3. The van der Waals surface area contributed by atoms with Gasteiger partial charge in [-0.1, -0.05) is 0 Å². The molecule has 0 fully saturated rings. The van der Waals surface area contributed by atoms with E-state index in [1.54, 1.807) is 24.8 Å². The quantitative estimate of drug-likeness (QED) is 0.295. The topological polar surface area (TPSA) is 45.7 Å². The van der Waals surface area contributed by atoms with Crippen molar-refractivity contribution in [1.29, 1.82) is 0 Å². The summed E-state index contributed by atoms with van der Waals surface area (Å²) in [5, 5.41) is 0. The van der Waals surface area contributed by atoms with E-state index in [4.69, 9.17) is 4.74 Å². The van der Waals surface area contributed by atoms with Gasteiger partial charge in [-0.25, -0.2) is 9.37 Å². The fourth-order valence-electron chi connectivity index (χ4n) is 3.87. The van der Waals surface area contributed by atoms with Gasteiger partial charge in [0.2, 0.25) is 5.88 Å². The molecule has 1 aliphatic rings. The lowest BCUT2D eigenvalue weighted by molar-refractivity contribution is -0.137. The molecule has 10 heteroatoms. The summed E-state index contributed by atoms with van der Waals surface area (Å²) >= 11 is 3.38. The highest BCUT2D eigenvalue weighted by molar-refractivity contribution is 9.10. The zero-order chi connectivity index (χ0) is 24.1. The lowest BCUT2D eigenvalue weighted by Crippen LogP contribution is -2.45. The van der Waals surface area contributed by atoms with Crippen molar-refractivity contribution >= 4 is 38.9 Å². The van der Waals surface area contributed by atoms with Gasteiger partial charge in [0.25, 0.3) is 5.91 Å². The number of halogens is 5. The predicted molar refractivity (Wildman–Crippen MR) is 120 cm³/mol. The van der Waals surface area contributed by atoms with Crippen molar-refractivity contribution in [2.75, 3.05) is 23.6 Å². The standard InChI is InChI=1S/C23H18BrF4N3O2/c1-12-8-15(25)5-7-17(12)30-11-31(20-13(2)9-19(33-3)29-21(20)24)22(32)16-6-4-14(10-18(16)30)23(26,27)28/h4-10H,11H2,1-3H3. The number of benzene rings is 2. The van der Waals surface area contributed by atoms with Gasteiger partial charge in [0.15, 0.2) is 0 Å². The van der Waals surface area contributed by atoms with Gasteiger partial charge in [-0.2, -0.15) is 13.2 Å². The van der Waals surface area contributed by atoms with Gasteiger partial charge in [-0.3, -0.25) is 9.69 Å². The van der Waals surface area contributed by atoms with Gasteiger partial charge >= 0.3 is 6.18 Å². The Labute approximate surface area is 195 Å². The van der Waals surface area contributed by atoms with Crippen molar-refractivity contribution < 1.29 is 27.1 Å². The van der Waals surface area contributed by atoms with Gasteiger partial charge in [-0.05, 0) is 77.3 Å². The Morgan fingerprint density at radius 1 is 1.00 bits per heavy atom. The first-order valence-electron chi connectivity index (χ1n) is 9.79.